The zero-order valence-corrected chi connectivity index (χ0v) is 52.4. The minimum atomic E-state index is -2.12. The molecule has 0 bridgehead atoms. The topological polar surface area (TPSA) is 687 Å². The first-order valence-electron chi connectivity index (χ1n) is 29.5. The number of hydrogen-bond acceptors (Lipinski definition) is 23. The van der Waals surface area contributed by atoms with Gasteiger partial charge in [0, 0.05) is 25.8 Å². The zero-order chi connectivity index (χ0) is 72.9. The average Bonchev–Trinajstić information content (AvgIpc) is 0.910. The predicted octanol–water partition coefficient (Wildman–Crippen LogP) is -11.4. The van der Waals surface area contributed by atoms with Crippen molar-refractivity contribution in [3.63, 3.8) is 0 Å². The van der Waals surface area contributed by atoms with E-state index < -0.39 is 257 Å². The van der Waals surface area contributed by atoms with Crippen molar-refractivity contribution in [3.05, 3.63) is 35.9 Å². The number of carbonyl (C=O) groups is 16. The van der Waals surface area contributed by atoms with Crippen LogP contribution in [-0.4, -0.2) is 265 Å². The Hall–Kier alpha value is -10.2. The monoisotopic (exact) mass is 1370 g/mol. The fourth-order valence-electron chi connectivity index (χ4n) is 8.31. The van der Waals surface area contributed by atoms with E-state index in [1.54, 1.807) is 44.2 Å². The van der Waals surface area contributed by atoms with Gasteiger partial charge < -0.3 is 127 Å². The van der Waals surface area contributed by atoms with Gasteiger partial charge in [-0.1, -0.05) is 44.2 Å². The number of amides is 12. The number of aliphatic carboxylic acids is 4. The number of carboxylic acid groups (broad SMARTS) is 4. The molecule has 0 aliphatic rings. The molecule has 1 rings (SSSR count). The van der Waals surface area contributed by atoms with Crippen LogP contribution in [0.3, 0.4) is 0 Å². The van der Waals surface area contributed by atoms with E-state index in [9.17, 15) is 118 Å². The fourth-order valence-corrected chi connectivity index (χ4v) is 8.31. The maximum absolute atomic E-state index is 13.9. The van der Waals surface area contributed by atoms with Crippen molar-refractivity contribution < 1.29 is 123 Å². The van der Waals surface area contributed by atoms with Crippen molar-refractivity contribution in [2.45, 2.75) is 151 Å². The summed E-state index contributed by atoms with van der Waals surface area (Å²) in [5, 5.41) is 123. The summed E-state index contributed by atoms with van der Waals surface area (Å²) >= 11 is 0. The lowest BCUT2D eigenvalue weighted by Crippen LogP contribution is -2.62. The number of nitrogens with two attached hydrogens (primary N) is 2. The van der Waals surface area contributed by atoms with Gasteiger partial charge in [-0.3, -0.25) is 82.1 Å². The van der Waals surface area contributed by atoms with E-state index in [4.69, 9.17) is 22.0 Å². The van der Waals surface area contributed by atoms with Crippen LogP contribution in [0.25, 0.3) is 0 Å². The highest BCUT2D eigenvalue weighted by Gasteiger charge is 2.37. The highest BCUT2D eigenvalue weighted by atomic mass is 16.4. The summed E-state index contributed by atoms with van der Waals surface area (Å²) in [6, 6.07) is -11.0. The number of carbonyl (C=O) groups excluding carboxylic acids is 12. The molecule has 41 heteroatoms. The van der Waals surface area contributed by atoms with Crippen molar-refractivity contribution in [2.75, 3.05) is 46.1 Å². The molecule has 12 amide bonds. The Morgan fingerprint density at radius 3 is 1.17 bits per heavy atom. The van der Waals surface area contributed by atoms with E-state index in [1.165, 1.54) is 0 Å². The van der Waals surface area contributed by atoms with Crippen LogP contribution in [0.5, 0.6) is 0 Å². The van der Waals surface area contributed by atoms with Gasteiger partial charge in [-0.25, -0.2) is 0 Å². The van der Waals surface area contributed by atoms with Crippen LogP contribution in [0.1, 0.15) is 77.7 Å². The Morgan fingerprint density at radius 1 is 0.417 bits per heavy atom. The first-order valence-corrected chi connectivity index (χ1v) is 29.5. The van der Waals surface area contributed by atoms with Crippen molar-refractivity contribution in [1.29, 1.82) is 5.41 Å². The van der Waals surface area contributed by atoms with Crippen molar-refractivity contribution in [1.82, 2.24) is 69.1 Å². The largest absolute Gasteiger partial charge is 0.481 e. The number of hydrogen-bond donors (Lipinski definition) is 25. The second-order valence-electron chi connectivity index (χ2n) is 21.6. The molecule has 0 heterocycles. The van der Waals surface area contributed by atoms with E-state index in [0.29, 0.717) is 5.56 Å². The third-order valence-corrected chi connectivity index (χ3v) is 13.5. The minimum absolute atomic E-state index is 0.0817. The molecule has 12 atom stereocenters. The number of aliphatic hydroxyl groups excluding tert-OH is 5. The second-order valence-corrected chi connectivity index (χ2v) is 21.6. The number of rotatable bonds is 46. The molecular formula is C55H86N16O25. The van der Waals surface area contributed by atoms with Crippen molar-refractivity contribution in [3.8, 4) is 0 Å². The van der Waals surface area contributed by atoms with E-state index in [1.807, 2.05) is 16.0 Å². The number of aliphatic hydroxyl groups is 5. The van der Waals surface area contributed by atoms with Gasteiger partial charge in [0.15, 0.2) is 5.96 Å². The third-order valence-electron chi connectivity index (χ3n) is 13.5. The normalized spacial score (nSPS) is 14.6. The molecule has 0 radical (unpaired) electrons. The Morgan fingerprint density at radius 2 is 0.760 bits per heavy atom. The van der Waals surface area contributed by atoms with Gasteiger partial charge in [0.2, 0.25) is 70.9 Å². The molecule has 0 fully saturated rings. The lowest BCUT2D eigenvalue weighted by atomic mass is 10.0. The van der Waals surface area contributed by atoms with Crippen LogP contribution in [0.15, 0.2) is 30.3 Å². The summed E-state index contributed by atoms with van der Waals surface area (Å²) in [5.74, 6) is -21.9. The Balaban J connectivity index is 3.34. The van der Waals surface area contributed by atoms with Crippen LogP contribution in [0.4, 0.5) is 0 Å². The first-order chi connectivity index (χ1) is 45.1. The van der Waals surface area contributed by atoms with Gasteiger partial charge in [0.25, 0.3) is 0 Å². The maximum Gasteiger partial charge on any atom is 0.322 e. The summed E-state index contributed by atoms with van der Waals surface area (Å²) in [6.07, 6.45) is -6.94. The molecule has 536 valence electrons. The van der Waals surface area contributed by atoms with Crippen molar-refractivity contribution in [2.24, 2.45) is 17.4 Å². The average molecular weight is 1370 g/mol. The van der Waals surface area contributed by atoms with E-state index in [2.05, 4.69) is 53.2 Å². The molecule has 41 nitrogen and oxygen atoms in total. The van der Waals surface area contributed by atoms with E-state index in [-0.39, 0.29) is 25.8 Å². The molecule has 0 aliphatic carbocycles. The van der Waals surface area contributed by atoms with E-state index in [0.717, 1.165) is 6.92 Å². The fraction of sp³-hybridized carbons (Fsp3) is 0.582. The molecule has 0 aliphatic heterocycles. The number of guanidine groups is 1. The van der Waals surface area contributed by atoms with Crippen LogP contribution in [-0.2, 0) is 83.1 Å². The lowest BCUT2D eigenvalue weighted by molar-refractivity contribution is -0.140. The number of carboxylic acids is 4. The summed E-state index contributed by atoms with van der Waals surface area (Å²) in [6.45, 7) is -2.71. The standard InChI is InChI=1S/C55H86N16O25/c1-25(2)42(70-44(86)28(56)18-27-8-5-4-6-9-27)53(95)69-36(24-75)52(94)65-32(13-16-40(82)83)49(91)71-43(26(3)76)54(96)66-31(12-15-39(80)81)48(90)68-35(23-74)51(93)63-29(10-7-17-59-55(57)58)45(87)60-19-37(77)62-34(22-73)50(92)64-30(11-14-38(78)79)47(89)67-33(21-72)46(88)61-20-41(84)85/h4-6,8-9,25-26,28-36,42-43,72-76H,7,10-24,56H2,1-3H3,(H,60,87)(H,61,88)(H,62,77)(H,63,93)(H,64,92)(H,65,94)(H,66,96)(H,67,89)(H,68,90)(H,69,95)(H,70,86)(H,71,91)(H,78,79)(H,80,81)(H,82,83)(H,84,85)(H4,57,58,59)/t26-,28+,29+,30+,31+,32+,33+,34+,35+,36+,42+,43+/m1/s1. The smallest absolute Gasteiger partial charge is 0.322 e. The summed E-state index contributed by atoms with van der Waals surface area (Å²) in [7, 11) is 0. The van der Waals surface area contributed by atoms with Gasteiger partial charge in [-0.2, -0.15) is 0 Å². The molecule has 1 aromatic rings. The summed E-state index contributed by atoms with van der Waals surface area (Å²) in [4.78, 5) is 206. The van der Waals surface area contributed by atoms with Gasteiger partial charge in [0.05, 0.1) is 45.1 Å². The maximum atomic E-state index is 13.9. The first kappa shape index (κ1) is 83.8. The third kappa shape index (κ3) is 32.1. The molecule has 96 heavy (non-hydrogen) atoms. The Labute approximate surface area is 547 Å². The molecule has 1 aromatic carbocycles. The van der Waals surface area contributed by atoms with Crippen LogP contribution < -0.4 is 80.6 Å². The van der Waals surface area contributed by atoms with Crippen LogP contribution >= 0.6 is 0 Å². The van der Waals surface area contributed by atoms with Gasteiger partial charge in [-0.05, 0) is 56.9 Å². The van der Waals surface area contributed by atoms with Gasteiger partial charge in [0.1, 0.15) is 67.0 Å². The second kappa shape index (κ2) is 43.6. The quantitative estimate of drug-likeness (QED) is 0.0164. The summed E-state index contributed by atoms with van der Waals surface area (Å²) in [5.41, 5.74) is 12.1. The highest BCUT2D eigenvalue weighted by molar-refractivity contribution is 6.00. The van der Waals surface area contributed by atoms with Crippen LogP contribution in [0.2, 0.25) is 0 Å². The molecule has 0 unspecified atom stereocenters. The predicted molar refractivity (Wildman–Crippen MR) is 326 cm³/mol. The lowest BCUT2D eigenvalue weighted by Gasteiger charge is -2.28. The number of nitrogens with one attached hydrogen (secondary N) is 14. The molecule has 0 saturated carbocycles. The van der Waals surface area contributed by atoms with Gasteiger partial charge >= 0.3 is 23.9 Å². The minimum Gasteiger partial charge on any atom is -0.481 e. The van der Waals surface area contributed by atoms with Crippen molar-refractivity contribution >= 4 is 101 Å². The van der Waals surface area contributed by atoms with Gasteiger partial charge in [-0.15, -0.1) is 0 Å². The Kier molecular flexibility index (Phi) is 38.1. The highest BCUT2D eigenvalue weighted by Crippen LogP contribution is 2.10. The Bertz CT molecular complexity index is 2890. The van der Waals surface area contributed by atoms with E-state index >= 15 is 0 Å². The summed E-state index contributed by atoms with van der Waals surface area (Å²) < 4.78 is 0. The molecule has 0 saturated heterocycles. The van der Waals surface area contributed by atoms with Crippen LogP contribution in [0, 0.1) is 11.3 Å². The zero-order valence-electron chi connectivity index (χ0n) is 52.4. The molecule has 0 aromatic heterocycles. The molecular weight excluding hydrogens is 1280 g/mol. The SMILES string of the molecule is CC(C)[C@H](NC(=O)[C@@H](N)Cc1ccccc1)C(=O)N[C@@H](CO)C(=O)N[C@@H](CCC(=O)O)C(=O)N[C@H](C(=O)N[C@@H](CCC(=O)O)C(=O)N[C@@H](CO)C(=O)N[C@@H](CCCNC(=N)N)C(=O)NCC(=O)N[C@@H](CO)C(=O)N[C@@H](CCC(=O)O)C(=O)N[C@@H](CO)C(=O)NCC(=O)O)[C@@H](C)O. The number of benzene rings is 1. The molecule has 27 N–H and O–H groups in total. The molecule has 0 spiro atoms.